The SMILES string of the molecule is CC/C=C\C/C=C\C/C=C\C/C=C\C/C=C\C/C=C\CCCCCCCCC(=O)OCC(COC(=O)CCCCCCC/C=C\C/C=C\CCCCCC)OC(=O)CCCCCCCCCCCCCCCCCCCCCCCCCC. The van der Waals surface area contributed by atoms with Gasteiger partial charge in [-0.25, -0.2) is 0 Å². The largest absolute Gasteiger partial charge is 0.462 e. The highest BCUT2D eigenvalue weighted by Gasteiger charge is 2.19. The highest BCUT2D eigenvalue weighted by atomic mass is 16.6. The second-order valence-electron chi connectivity index (χ2n) is 23.8. The highest BCUT2D eigenvalue weighted by molar-refractivity contribution is 5.71. The zero-order valence-corrected chi connectivity index (χ0v) is 54.9. The summed E-state index contributed by atoms with van der Waals surface area (Å²) in [5.41, 5.74) is 0. The first-order valence-electron chi connectivity index (χ1n) is 35.7. The van der Waals surface area contributed by atoms with Gasteiger partial charge in [0.2, 0.25) is 0 Å². The lowest BCUT2D eigenvalue weighted by Gasteiger charge is -2.18. The molecule has 0 aliphatic rings. The molecule has 0 amide bonds. The van der Waals surface area contributed by atoms with Gasteiger partial charge in [-0.05, 0) is 103 Å². The van der Waals surface area contributed by atoms with Crippen LogP contribution in [0.15, 0.2) is 97.2 Å². The third kappa shape index (κ3) is 69.0. The van der Waals surface area contributed by atoms with Crippen LogP contribution in [0.1, 0.15) is 355 Å². The second-order valence-corrected chi connectivity index (χ2v) is 23.8. The number of unbranched alkanes of at least 4 members (excludes halogenated alkanes) is 38. The summed E-state index contributed by atoms with van der Waals surface area (Å²) in [6.07, 6.45) is 95.7. The van der Waals surface area contributed by atoms with E-state index in [0.717, 1.165) is 128 Å². The van der Waals surface area contributed by atoms with Crippen LogP contribution in [0.25, 0.3) is 0 Å². The Morgan fingerprint density at radius 2 is 0.470 bits per heavy atom. The number of esters is 3. The van der Waals surface area contributed by atoms with E-state index in [-0.39, 0.29) is 31.1 Å². The maximum Gasteiger partial charge on any atom is 0.306 e. The quantitative estimate of drug-likeness (QED) is 0.0261. The summed E-state index contributed by atoms with van der Waals surface area (Å²) in [6.45, 7) is 6.54. The topological polar surface area (TPSA) is 78.9 Å². The van der Waals surface area contributed by atoms with Crippen LogP contribution < -0.4 is 0 Å². The Kier molecular flexibility index (Phi) is 67.7. The molecule has 0 aromatic rings. The zero-order valence-electron chi connectivity index (χ0n) is 54.9. The first kappa shape index (κ1) is 79.3. The van der Waals surface area contributed by atoms with Gasteiger partial charge in [-0.1, -0.05) is 330 Å². The van der Waals surface area contributed by atoms with Gasteiger partial charge in [-0.3, -0.25) is 14.4 Å². The van der Waals surface area contributed by atoms with Gasteiger partial charge in [0.1, 0.15) is 13.2 Å². The van der Waals surface area contributed by atoms with Crippen molar-refractivity contribution in [3.8, 4) is 0 Å². The van der Waals surface area contributed by atoms with Crippen molar-refractivity contribution >= 4 is 17.9 Å². The minimum atomic E-state index is -0.791. The minimum absolute atomic E-state index is 0.0871. The van der Waals surface area contributed by atoms with Gasteiger partial charge in [0, 0.05) is 19.3 Å². The van der Waals surface area contributed by atoms with Gasteiger partial charge in [-0.15, -0.1) is 0 Å². The van der Waals surface area contributed by atoms with Crippen LogP contribution in [-0.4, -0.2) is 37.2 Å². The maximum atomic E-state index is 13.0. The monoisotopic (exact) mass is 1160 g/mol. The smallest absolute Gasteiger partial charge is 0.306 e. The van der Waals surface area contributed by atoms with Crippen molar-refractivity contribution in [1.29, 1.82) is 0 Å². The summed E-state index contributed by atoms with van der Waals surface area (Å²) < 4.78 is 17.0. The Balaban J connectivity index is 4.37. The van der Waals surface area contributed by atoms with Crippen molar-refractivity contribution in [3.63, 3.8) is 0 Å². The van der Waals surface area contributed by atoms with E-state index in [1.807, 2.05) is 0 Å². The van der Waals surface area contributed by atoms with Gasteiger partial charge in [0.05, 0.1) is 0 Å². The molecule has 6 nitrogen and oxygen atoms in total. The number of carbonyl (C=O) groups is 3. The molecule has 0 fully saturated rings. The van der Waals surface area contributed by atoms with Crippen LogP contribution in [0.3, 0.4) is 0 Å². The predicted octanol–water partition coefficient (Wildman–Crippen LogP) is 24.8. The molecule has 0 aliphatic heterocycles. The molecule has 0 spiro atoms. The molecule has 0 rings (SSSR count). The first-order chi connectivity index (χ1) is 41.0. The van der Waals surface area contributed by atoms with Crippen molar-refractivity contribution in [2.45, 2.75) is 361 Å². The van der Waals surface area contributed by atoms with E-state index in [9.17, 15) is 14.4 Å². The Morgan fingerprint density at radius 1 is 0.253 bits per heavy atom. The highest BCUT2D eigenvalue weighted by Crippen LogP contribution is 2.18. The molecule has 0 heterocycles. The van der Waals surface area contributed by atoms with E-state index in [1.165, 1.54) is 186 Å². The Hall–Kier alpha value is -3.67. The molecule has 478 valence electrons. The molecule has 0 saturated carbocycles. The second kappa shape index (κ2) is 70.8. The Morgan fingerprint density at radius 3 is 0.747 bits per heavy atom. The van der Waals surface area contributed by atoms with Crippen LogP contribution in [0, 0.1) is 0 Å². The number of rotatable bonds is 65. The van der Waals surface area contributed by atoms with Crippen LogP contribution in [-0.2, 0) is 28.6 Å². The van der Waals surface area contributed by atoms with Gasteiger partial charge in [0.15, 0.2) is 6.10 Å². The fraction of sp³-hybridized carbons (Fsp3) is 0.753. The Bertz CT molecular complexity index is 1610. The lowest BCUT2D eigenvalue weighted by atomic mass is 10.0. The average Bonchev–Trinajstić information content (AvgIpc) is 3.50. The summed E-state index contributed by atoms with van der Waals surface area (Å²) in [6, 6.07) is 0. The van der Waals surface area contributed by atoms with E-state index in [4.69, 9.17) is 14.2 Å². The molecule has 0 N–H and O–H groups in total. The molecule has 0 saturated heterocycles. The van der Waals surface area contributed by atoms with Crippen molar-refractivity contribution in [2.24, 2.45) is 0 Å². The molecule has 0 aromatic carbocycles. The third-order valence-corrected chi connectivity index (χ3v) is 15.6. The molecule has 0 bridgehead atoms. The number of carbonyl (C=O) groups excluding carboxylic acids is 3. The van der Waals surface area contributed by atoms with Crippen LogP contribution >= 0.6 is 0 Å². The fourth-order valence-electron chi connectivity index (χ4n) is 10.2. The minimum Gasteiger partial charge on any atom is -0.462 e. The molecule has 0 aromatic heterocycles. The van der Waals surface area contributed by atoms with E-state index >= 15 is 0 Å². The third-order valence-electron chi connectivity index (χ3n) is 15.6. The summed E-state index contributed by atoms with van der Waals surface area (Å²) >= 11 is 0. The summed E-state index contributed by atoms with van der Waals surface area (Å²) in [5.74, 6) is -0.896. The Labute approximate surface area is 515 Å². The fourth-order valence-corrected chi connectivity index (χ4v) is 10.2. The number of hydrogen-bond donors (Lipinski definition) is 0. The molecule has 83 heavy (non-hydrogen) atoms. The summed E-state index contributed by atoms with van der Waals surface area (Å²) in [4.78, 5) is 38.5. The van der Waals surface area contributed by atoms with E-state index in [2.05, 4.69) is 118 Å². The molecular formula is C77H134O6. The van der Waals surface area contributed by atoms with Gasteiger partial charge in [0.25, 0.3) is 0 Å². The van der Waals surface area contributed by atoms with Crippen molar-refractivity contribution in [2.75, 3.05) is 13.2 Å². The molecule has 0 radical (unpaired) electrons. The molecule has 1 unspecified atom stereocenters. The normalized spacial score (nSPS) is 12.7. The van der Waals surface area contributed by atoms with E-state index in [0.29, 0.717) is 19.3 Å². The van der Waals surface area contributed by atoms with E-state index in [1.54, 1.807) is 0 Å². The number of allylic oxidation sites excluding steroid dienone is 16. The molecule has 0 aliphatic carbocycles. The standard InChI is InChI=1S/C77H134O6/c1-4-7-10-13-16-19-22-25-28-31-33-35-37-39-41-42-44-46-49-52-55-58-61-64-67-70-76(79)82-73-74(72-81-75(78)69-66-63-60-57-54-51-48-30-27-24-21-18-15-12-9-6-3)83-77(80)71-68-65-62-59-56-53-50-47-45-43-40-38-36-34-32-29-26-23-20-17-14-11-8-5-2/h7,10,16,19,21,24-25,28,30,33,35,39,41,44,46,48,74H,4-6,8-9,11-15,17-18,20,22-23,26-27,29,31-32,34,36-38,40,42-43,45,47,49-73H2,1-3H3/b10-7-,19-16-,24-21-,28-25-,35-33-,41-39-,46-44-,48-30-. The number of ether oxygens (including phenoxy) is 3. The maximum absolute atomic E-state index is 13.0. The van der Waals surface area contributed by atoms with Crippen LogP contribution in [0.2, 0.25) is 0 Å². The van der Waals surface area contributed by atoms with Crippen LogP contribution in [0.5, 0.6) is 0 Å². The molecular weight excluding hydrogens is 1020 g/mol. The van der Waals surface area contributed by atoms with Gasteiger partial charge < -0.3 is 14.2 Å². The predicted molar refractivity (Wildman–Crippen MR) is 362 cm³/mol. The van der Waals surface area contributed by atoms with Gasteiger partial charge >= 0.3 is 17.9 Å². The lowest BCUT2D eigenvalue weighted by Crippen LogP contribution is -2.30. The van der Waals surface area contributed by atoms with Crippen molar-refractivity contribution < 1.29 is 28.6 Å². The number of hydrogen-bond acceptors (Lipinski definition) is 6. The molecule has 6 heteroatoms. The van der Waals surface area contributed by atoms with Gasteiger partial charge in [-0.2, -0.15) is 0 Å². The summed E-state index contributed by atoms with van der Waals surface area (Å²) in [5, 5.41) is 0. The average molecular weight is 1160 g/mol. The zero-order chi connectivity index (χ0) is 59.9. The van der Waals surface area contributed by atoms with E-state index < -0.39 is 6.10 Å². The van der Waals surface area contributed by atoms with Crippen molar-refractivity contribution in [3.05, 3.63) is 97.2 Å². The first-order valence-corrected chi connectivity index (χ1v) is 35.7. The van der Waals surface area contributed by atoms with Crippen LogP contribution in [0.4, 0.5) is 0 Å². The van der Waals surface area contributed by atoms with Crippen molar-refractivity contribution in [1.82, 2.24) is 0 Å². The summed E-state index contributed by atoms with van der Waals surface area (Å²) in [7, 11) is 0. The lowest BCUT2D eigenvalue weighted by molar-refractivity contribution is -0.167. The molecule has 1 atom stereocenters.